The van der Waals surface area contributed by atoms with E-state index >= 15 is 0 Å². The molecule has 2 aliphatic rings. The van der Waals surface area contributed by atoms with Gasteiger partial charge >= 0.3 is 0 Å². The summed E-state index contributed by atoms with van der Waals surface area (Å²) in [4.78, 5) is 7.08. The van der Waals surface area contributed by atoms with Gasteiger partial charge in [0.05, 0.1) is 25.4 Å². The molecule has 1 N–H and O–H groups in total. The first kappa shape index (κ1) is 22.5. The summed E-state index contributed by atoms with van der Waals surface area (Å²) < 4.78 is 25.2. The van der Waals surface area contributed by atoms with Crippen LogP contribution in [0.5, 0.6) is 11.5 Å². The van der Waals surface area contributed by atoms with Gasteiger partial charge in [-0.05, 0) is 55.9 Å². The maximum absolute atomic E-state index is 14.2. The predicted molar refractivity (Wildman–Crippen MR) is 129 cm³/mol. The predicted octanol–water partition coefficient (Wildman–Crippen LogP) is 5.38. The van der Waals surface area contributed by atoms with E-state index in [2.05, 4.69) is 10.2 Å². The molecule has 0 unspecified atom stereocenters. The largest absolute Gasteiger partial charge is 0.493 e. The number of nitrogens with one attached hydrogen (secondary N) is 1. The molecule has 0 atom stereocenters. The number of rotatable bonds is 5. The monoisotopic (exact) mass is 457 g/mol. The van der Waals surface area contributed by atoms with Crippen molar-refractivity contribution in [2.45, 2.75) is 38.1 Å². The normalized spacial score (nSPS) is 15.9. The van der Waals surface area contributed by atoms with E-state index in [9.17, 15) is 4.39 Å². The topological polar surface area (TPSA) is 46.6 Å². The molecule has 5 rings (SSSR count). The standard InChI is InChI=1S/C25H28FN3O2.ClH/c1-30-23-14-18-21(15-24(23)31-2)28-20-8-5-6-17(20)25(18)27-16-10-12-29(13-11-16)22-9-4-3-7-19(22)26;/h3-4,7,9,14-16H,5-6,8,10-13H2,1-2H3,(H,27,28);1H. The average molecular weight is 458 g/mol. The van der Waals surface area contributed by atoms with E-state index in [1.807, 2.05) is 24.3 Å². The molecule has 1 saturated heterocycles. The van der Waals surface area contributed by atoms with Gasteiger partial charge in [0.2, 0.25) is 0 Å². The second-order valence-corrected chi connectivity index (χ2v) is 8.35. The summed E-state index contributed by atoms with van der Waals surface area (Å²) in [6.07, 6.45) is 5.11. The lowest BCUT2D eigenvalue weighted by atomic mass is 10.0. The van der Waals surface area contributed by atoms with Crippen LogP contribution in [0, 0.1) is 5.82 Å². The first-order valence-corrected chi connectivity index (χ1v) is 11.0. The first-order valence-electron chi connectivity index (χ1n) is 11.0. The lowest BCUT2D eigenvalue weighted by Gasteiger charge is -2.35. The number of hydrogen-bond acceptors (Lipinski definition) is 5. The highest BCUT2D eigenvalue weighted by molar-refractivity contribution is 5.96. The van der Waals surface area contributed by atoms with Gasteiger partial charge in [-0.2, -0.15) is 0 Å². The molecule has 170 valence electrons. The number of halogens is 2. The van der Waals surface area contributed by atoms with Gasteiger partial charge in [0.15, 0.2) is 11.5 Å². The number of piperidine rings is 1. The Morgan fingerprint density at radius 2 is 1.75 bits per heavy atom. The van der Waals surface area contributed by atoms with E-state index in [0.717, 1.165) is 56.1 Å². The van der Waals surface area contributed by atoms with Crippen LogP contribution in [0.3, 0.4) is 0 Å². The summed E-state index contributed by atoms with van der Waals surface area (Å²) in [5.41, 5.74) is 5.34. The fourth-order valence-corrected chi connectivity index (χ4v) is 4.93. The number of ether oxygens (including phenoxy) is 2. The van der Waals surface area contributed by atoms with Crippen molar-refractivity contribution in [2.75, 3.05) is 37.5 Å². The van der Waals surface area contributed by atoms with Crippen molar-refractivity contribution in [2.24, 2.45) is 0 Å². The van der Waals surface area contributed by atoms with Crippen molar-refractivity contribution in [1.82, 2.24) is 4.98 Å². The molecular weight excluding hydrogens is 429 g/mol. The average Bonchev–Trinajstić information content (AvgIpc) is 3.27. The van der Waals surface area contributed by atoms with Crippen molar-refractivity contribution < 1.29 is 13.9 Å². The van der Waals surface area contributed by atoms with E-state index < -0.39 is 0 Å². The molecule has 0 radical (unpaired) electrons. The van der Waals surface area contributed by atoms with Gasteiger partial charge in [-0.25, -0.2) is 4.39 Å². The van der Waals surface area contributed by atoms with Crippen LogP contribution in [-0.2, 0) is 12.8 Å². The minimum absolute atomic E-state index is 0. The first-order chi connectivity index (χ1) is 15.2. The molecule has 2 aromatic carbocycles. The Balaban J connectivity index is 0.00000245. The number of para-hydroxylation sites is 1. The highest BCUT2D eigenvalue weighted by atomic mass is 35.5. The maximum atomic E-state index is 14.2. The molecule has 1 aliphatic heterocycles. The summed E-state index contributed by atoms with van der Waals surface area (Å²) in [6, 6.07) is 11.4. The van der Waals surface area contributed by atoms with Crippen molar-refractivity contribution in [3.8, 4) is 11.5 Å². The van der Waals surface area contributed by atoms with Crippen LogP contribution in [0.4, 0.5) is 15.8 Å². The van der Waals surface area contributed by atoms with Crippen LogP contribution in [0.25, 0.3) is 10.9 Å². The zero-order valence-electron chi connectivity index (χ0n) is 18.5. The van der Waals surface area contributed by atoms with Gasteiger partial charge in [-0.3, -0.25) is 4.98 Å². The molecule has 2 heterocycles. The zero-order chi connectivity index (χ0) is 21.4. The molecule has 3 aromatic rings. The number of pyridine rings is 1. The van der Waals surface area contributed by atoms with Crippen LogP contribution in [-0.4, -0.2) is 38.3 Å². The van der Waals surface area contributed by atoms with Gasteiger partial charge in [-0.1, -0.05) is 12.1 Å². The molecule has 1 aliphatic carbocycles. The van der Waals surface area contributed by atoms with Crippen molar-refractivity contribution in [3.63, 3.8) is 0 Å². The molecule has 0 saturated carbocycles. The molecular formula is C25H29ClFN3O2. The number of fused-ring (bicyclic) bond motifs is 2. The van der Waals surface area contributed by atoms with Crippen molar-refractivity contribution >= 4 is 34.7 Å². The van der Waals surface area contributed by atoms with Crippen LogP contribution < -0.4 is 19.7 Å². The van der Waals surface area contributed by atoms with E-state index in [4.69, 9.17) is 14.5 Å². The second-order valence-electron chi connectivity index (χ2n) is 8.35. The number of hydrogen-bond donors (Lipinski definition) is 1. The molecule has 0 bridgehead atoms. The Hall–Kier alpha value is -2.73. The molecule has 32 heavy (non-hydrogen) atoms. The molecule has 5 nitrogen and oxygen atoms in total. The Morgan fingerprint density at radius 3 is 2.47 bits per heavy atom. The minimum atomic E-state index is -0.145. The molecule has 1 aromatic heterocycles. The van der Waals surface area contributed by atoms with Crippen molar-refractivity contribution in [1.29, 1.82) is 0 Å². The van der Waals surface area contributed by atoms with Crippen LogP contribution in [0.15, 0.2) is 36.4 Å². The lowest BCUT2D eigenvalue weighted by Crippen LogP contribution is -2.39. The Bertz CT molecular complexity index is 1120. The number of anilines is 2. The molecule has 7 heteroatoms. The van der Waals surface area contributed by atoms with Gasteiger partial charge in [0.1, 0.15) is 5.82 Å². The highest BCUT2D eigenvalue weighted by Gasteiger charge is 2.26. The van der Waals surface area contributed by atoms with E-state index in [0.29, 0.717) is 23.2 Å². The van der Waals surface area contributed by atoms with E-state index in [-0.39, 0.29) is 18.2 Å². The highest BCUT2D eigenvalue weighted by Crippen LogP contribution is 2.40. The number of benzene rings is 2. The quantitative estimate of drug-likeness (QED) is 0.557. The minimum Gasteiger partial charge on any atom is -0.493 e. The Morgan fingerprint density at radius 1 is 1.03 bits per heavy atom. The molecule has 0 amide bonds. The Labute approximate surface area is 194 Å². The van der Waals surface area contributed by atoms with E-state index in [1.54, 1.807) is 20.3 Å². The number of nitrogens with zero attached hydrogens (tertiary/aromatic N) is 2. The Kier molecular flexibility index (Phi) is 6.60. The van der Waals surface area contributed by atoms with Gasteiger partial charge in [0.25, 0.3) is 0 Å². The summed E-state index contributed by atoms with van der Waals surface area (Å²) in [6.45, 7) is 1.67. The second kappa shape index (κ2) is 9.41. The van der Waals surface area contributed by atoms with Gasteiger partial charge in [-0.15, -0.1) is 12.4 Å². The van der Waals surface area contributed by atoms with Crippen LogP contribution in [0.2, 0.25) is 0 Å². The summed E-state index contributed by atoms with van der Waals surface area (Å²) in [5, 5.41) is 4.92. The number of methoxy groups -OCH3 is 2. The molecule has 0 spiro atoms. The summed E-state index contributed by atoms with van der Waals surface area (Å²) >= 11 is 0. The number of aromatic nitrogens is 1. The third-order valence-electron chi connectivity index (χ3n) is 6.55. The summed E-state index contributed by atoms with van der Waals surface area (Å²) in [5.74, 6) is 1.27. The number of aryl methyl sites for hydroxylation is 1. The SMILES string of the molecule is COc1cc2nc3c(c(NC4CCN(c5ccccc5F)CC4)c2cc1OC)CCC3.Cl. The van der Waals surface area contributed by atoms with Crippen LogP contribution >= 0.6 is 12.4 Å². The van der Waals surface area contributed by atoms with Crippen LogP contribution in [0.1, 0.15) is 30.5 Å². The van der Waals surface area contributed by atoms with Crippen molar-refractivity contribution in [3.05, 3.63) is 53.5 Å². The molecule has 1 fully saturated rings. The zero-order valence-corrected chi connectivity index (χ0v) is 19.3. The van der Waals surface area contributed by atoms with E-state index in [1.165, 1.54) is 23.0 Å². The fourth-order valence-electron chi connectivity index (χ4n) is 4.93. The fraction of sp³-hybridized carbons (Fsp3) is 0.400. The smallest absolute Gasteiger partial charge is 0.162 e. The van der Waals surface area contributed by atoms with Gasteiger partial charge in [0, 0.05) is 42.0 Å². The maximum Gasteiger partial charge on any atom is 0.162 e. The lowest BCUT2D eigenvalue weighted by molar-refractivity contribution is 0.356. The third kappa shape index (κ3) is 4.04. The summed E-state index contributed by atoms with van der Waals surface area (Å²) in [7, 11) is 3.32. The van der Waals surface area contributed by atoms with Gasteiger partial charge < -0.3 is 19.7 Å². The third-order valence-corrected chi connectivity index (χ3v) is 6.55.